The van der Waals surface area contributed by atoms with Gasteiger partial charge in [-0.05, 0) is 5.56 Å². The van der Waals surface area contributed by atoms with Gasteiger partial charge >= 0.3 is 0 Å². The van der Waals surface area contributed by atoms with E-state index >= 15 is 0 Å². The summed E-state index contributed by atoms with van der Waals surface area (Å²) < 4.78 is 25.8. The topological polar surface area (TPSA) is 65.0 Å². The number of benzene rings is 1. The summed E-state index contributed by atoms with van der Waals surface area (Å²) in [7, 11) is 0.415. The first-order chi connectivity index (χ1) is 10.9. The van der Waals surface area contributed by atoms with E-state index in [-0.39, 0.29) is 5.75 Å². The van der Waals surface area contributed by atoms with Crippen LogP contribution >= 0.6 is 0 Å². The third kappa shape index (κ3) is 6.19. The molecule has 0 unspecified atom stereocenters. The Morgan fingerprint density at radius 3 is 2.30 bits per heavy atom. The first kappa shape index (κ1) is 19.4. The predicted molar refractivity (Wildman–Crippen MR) is 96.0 cm³/mol. The maximum Gasteiger partial charge on any atom is 0.215 e. The molecule has 0 fully saturated rings. The lowest BCUT2D eigenvalue weighted by molar-refractivity contribution is 0.443. The molecular weight excluding hydrogens is 312 g/mol. The second-order valence-corrected chi connectivity index (χ2v) is 7.30. The van der Waals surface area contributed by atoms with Crippen LogP contribution in [-0.2, 0) is 16.6 Å². The third-order valence-corrected chi connectivity index (χ3v) is 5.60. The second kappa shape index (κ2) is 9.52. The van der Waals surface area contributed by atoms with E-state index in [1.54, 1.807) is 7.05 Å². The highest BCUT2D eigenvalue weighted by molar-refractivity contribution is 7.89. The van der Waals surface area contributed by atoms with Gasteiger partial charge in [0.1, 0.15) is 0 Å². The Morgan fingerprint density at radius 2 is 1.78 bits per heavy atom. The zero-order valence-corrected chi connectivity index (χ0v) is 15.3. The molecule has 0 amide bonds. The van der Waals surface area contributed by atoms with Crippen molar-refractivity contribution in [3.05, 3.63) is 35.9 Å². The van der Waals surface area contributed by atoms with Crippen LogP contribution < -0.4 is 5.32 Å². The van der Waals surface area contributed by atoms with E-state index in [9.17, 15) is 8.42 Å². The monoisotopic (exact) mass is 340 g/mol. The zero-order valence-electron chi connectivity index (χ0n) is 14.5. The Labute approximate surface area is 140 Å². The van der Waals surface area contributed by atoms with Crippen LogP contribution in [0, 0.1) is 0 Å². The molecule has 0 aliphatic carbocycles. The number of guanidine groups is 1. The Bertz CT molecular complexity index is 583. The van der Waals surface area contributed by atoms with Crippen LogP contribution in [0.1, 0.15) is 19.4 Å². The summed E-state index contributed by atoms with van der Waals surface area (Å²) >= 11 is 0. The fourth-order valence-electron chi connectivity index (χ4n) is 2.35. The van der Waals surface area contributed by atoms with Gasteiger partial charge < -0.3 is 10.2 Å². The lowest BCUT2D eigenvalue weighted by atomic mass is 10.2. The van der Waals surface area contributed by atoms with Crippen LogP contribution in [-0.4, -0.2) is 63.1 Å². The Hall–Kier alpha value is -1.60. The van der Waals surface area contributed by atoms with Gasteiger partial charge in [-0.25, -0.2) is 12.7 Å². The second-order valence-electron chi connectivity index (χ2n) is 5.22. The normalized spacial score (nSPS) is 12.5. The van der Waals surface area contributed by atoms with Gasteiger partial charge in [0.2, 0.25) is 10.0 Å². The molecule has 0 spiro atoms. The van der Waals surface area contributed by atoms with E-state index in [1.807, 2.05) is 44.0 Å². The molecule has 7 heteroatoms. The Kier molecular flexibility index (Phi) is 8.05. The van der Waals surface area contributed by atoms with Gasteiger partial charge in [-0.3, -0.25) is 4.99 Å². The van der Waals surface area contributed by atoms with Crippen molar-refractivity contribution in [3.63, 3.8) is 0 Å². The number of sulfonamides is 1. The van der Waals surface area contributed by atoms with E-state index in [0.717, 1.165) is 0 Å². The molecule has 23 heavy (non-hydrogen) atoms. The molecule has 1 aromatic rings. The molecule has 1 N–H and O–H groups in total. The number of hydrogen-bond acceptors (Lipinski definition) is 3. The molecule has 1 rings (SSSR count). The molecule has 6 nitrogen and oxygen atoms in total. The maximum absolute atomic E-state index is 12.2. The molecule has 0 aliphatic rings. The van der Waals surface area contributed by atoms with Crippen molar-refractivity contribution in [2.24, 2.45) is 4.99 Å². The largest absolute Gasteiger partial charge is 0.355 e. The SMILES string of the molecule is CCN(CC)S(=O)(=O)CCNC(=NC)N(C)Cc1ccccc1. The van der Waals surface area contributed by atoms with Crippen molar-refractivity contribution in [1.29, 1.82) is 0 Å². The highest BCUT2D eigenvalue weighted by atomic mass is 32.2. The lowest BCUT2D eigenvalue weighted by Crippen LogP contribution is -2.42. The minimum atomic E-state index is -3.21. The van der Waals surface area contributed by atoms with Crippen LogP contribution in [0.4, 0.5) is 0 Å². The van der Waals surface area contributed by atoms with E-state index in [0.29, 0.717) is 32.1 Å². The summed E-state index contributed by atoms with van der Waals surface area (Å²) in [6.07, 6.45) is 0. The predicted octanol–water partition coefficient (Wildman–Crippen LogP) is 1.37. The minimum absolute atomic E-state index is 0.0624. The van der Waals surface area contributed by atoms with E-state index in [4.69, 9.17) is 0 Å². The minimum Gasteiger partial charge on any atom is -0.355 e. The summed E-state index contributed by atoms with van der Waals surface area (Å²) in [6.45, 7) is 5.75. The molecule has 1 aromatic carbocycles. The van der Waals surface area contributed by atoms with Crippen molar-refractivity contribution >= 4 is 16.0 Å². The lowest BCUT2D eigenvalue weighted by Gasteiger charge is -2.23. The molecule has 0 saturated heterocycles. The number of nitrogens with one attached hydrogen (secondary N) is 1. The molecule has 0 radical (unpaired) electrons. The van der Waals surface area contributed by atoms with Gasteiger partial charge in [-0.2, -0.15) is 0 Å². The molecule has 0 saturated carbocycles. The van der Waals surface area contributed by atoms with E-state index in [2.05, 4.69) is 22.4 Å². The molecule has 0 heterocycles. The van der Waals surface area contributed by atoms with Crippen molar-refractivity contribution < 1.29 is 8.42 Å². The summed E-state index contributed by atoms with van der Waals surface area (Å²) in [5, 5.41) is 3.12. The van der Waals surface area contributed by atoms with E-state index < -0.39 is 10.0 Å². The van der Waals surface area contributed by atoms with Crippen molar-refractivity contribution in [3.8, 4) is 0 Å². The fraction of sp³-hybridized carbons (Fsp3) is 0.562. The first-order valence-corrected chi connectivity index (χ1v) is 9.49. The van der Waals surface area contributed by atoms with Crippen LogP contribution in [0.15, 0.2) is 35.3 Å². The molecule has 0 aromatic heterocycles. The average Bonchev–Trinajstić information content (AvgIpc) is 2.53. The average molecular weight is 340 g/mol. The highest BCUT2D eigenvalue weighted by Crippen LogP contribution is 2.03. The summed E-state index contributed by atoms with van der Waals surface area (Å²) in [5.41, 5.74) is 1.17. The molecule has 0 bridgehead atoms. The van der Waals surface area contributed by atoms with Crippen LogP contribution in [0.2, 0.25) is 0 Å². The van der Waals surface area contributed by atoms with Gasteiger partial charge in [0.15, 0.2) is 5.96 Å². The van der Waals surface area contributed by atoms with Crippen molar-refractivity contribution in [2.75, 3.05) is 39.5 Å². The number of rotatable bonds is 8. The highest BCUT2D eigenvalue weighted by Gasteiger charge is 2.18. The number of hydrogen-bond donors (Lipinski definition) is 1. The molecule has 0 aliphatic heterocycles. The third-order valence-electron chi connectivity index (χ3n) is 3.58. The summed E-state index contributed by atoms with van der Waals surface area (Å²) in [5.74, 6) is 0.746. The molecular formula is C16H28N4O2S. The summed E-state index contributed by atoms with van der Waals surface area (Å²) in [6, 6.07) is 10.1. The van der Waals surface area contributed by atoms with Gasteiger partial charge in [-0.15, -0.1) is 0 Å². The van der Waals surface area contributed by atoms with Gasteiger partial charge in [0.05, 0.1) is 5.75 Å². The Balaban J connectivity index is 2.54. The van der Waals surface area contributed by atoms with Gasteiger partial charge in [0, 0.05) is 40.3 Å². The zero-order chi connectivity index (χ0) is 17.3. The smallest absolute Gasteiger partial charge is 0.215 e. The maximum atomic E-state index is 12.2. The van der Waals surface area contributed by atoms with Crippen molar-refractivity contribution in [2.45, 2.75) is 20.4 Å². The van der Waals surface area contributed by atoms with Crippen LogP contribution in [0.3, 0.4) is 0 Å². The quantitative estimate of drug-likeness (QED) is 0.573. The molecule has 0 atom stereocenters. The summed E-state index contributed by atoms with van der Waals surface area (Å²) in [4.78, 5) is 6.18. The standard InChI is InChI=1S/C16H28N4O2S/c1-5-20(6-2)23(21,22)13-12-18-16(17-3)19(4)14-15-10-8-7-9-11-15/h7-11H,5-6,12-14H2,1-4H3,(H,17,18). The Morgan fingerprint density at radius 1 is 1.17 bits per heavy atom. The fourth-order valence-corrected chi connectivity index (χ4v) is 3.76. The number of nitrogens with zero attached hydrogens (tertiary/aromatic N) is 3. The van der Waals surface area contributed by atoms with Crippen LogP contribution in [0.25, 0.3) is 0 Å². The first-order valence-electron chi connectivity index (χ1n) is 7.88. The van der Waals surface area contributed by atoms with Gasteiger partial charge in [-0.1, -0.05) is 44.2 Å². The van der Waals surface area contributed by atoms with Gasteiger partial charge in [0.25, 0.3) is 0 Å². The number of aliphatic imine (C=N–C) groups is 1. The molecule has 130 valence electrons. The van der Waals surface area contributed by atoms with Crippen molar-refractivity contribution in [1.82, 2.24) is 14.5 Å². The van der Waals surface area contributed by atoms with E-state index in [1.165, 1.54) is 9.87 Å². The van der Waals surface area contributed by atoms with Crippen LogP contribution in [0.5, 0.6) is 0 Å².